The summed E-state index contributed by atoms with van der Waals surface area (Å²) >= 11 is 0. The van der Waals surface area contributed by atoms with E-state index in [1.165, 1.54) is 0 Å². The van der Waals surface area contributed by atoms with E-state index < -0.39 is 0 Å². The summed E-state index contributed by atoms with van der Waals surface area (Å²) in [5.41, 5.74) is 1.39. The smallest absolute Gasteiger partial charge is 0.271 e. The molecule has 2 aromatic heterocycles. The highest BCUT2D eigenvalue weighted by Gasteiger charge is 2.39. The maximum absolute atomic E-state index is 13.2. The van der Waals surface area contributed by atoms with Gasteiger partial charge in [0.1, 0.15) is 17.3 Å². The average Bonchev–Trinajstić information content (AvgIpc) is 3.37. The summed E-state index contributed by atoms with van der Waals surface area (Å²) in [6.07, 6.45) is 0.639. The monoisotopic (exact) mass is 355 g/mol. The fourth-order valence-corrected chi connectivity index (χ4v) is 3.45. The Morgan fingerprint density at radius 1 is 1.31 bits per heavy atom. The Labute approximate surface area is 150 Å². The lowest BCUT2D eigenvalue weighted by molar-refractivity contribution is 0.0679. The number of amides is 1. The van der Waals surface area contributed by atoms with Crippen LogP contribution in [0.2, 0.25) is 0 Å². The summed E-state index contributed by atoms with van der Waals surface area (Å²) in [6.45, 7) is 2.35. The molecule has 0 saturated carbocycles. The lowest BCUT2D eigenvalue weighted by atomic mass is 10.2. The van der Waals surface area contributed by atoms with Crippen LogP contribution < -0.4 is 4.74 Å². The molecule has 8 nitrogen and oxygen atoms in total. The Hall–Kier alpha value is -2.87. The number of aromatic amines is 2. The number of ether oxygens (including phenoxy) is 2. The van der Waals surface area contributed by atoms with E-state index >= 15 is 0 Å². The summed E-state index contributed by atoms with van der Waals surface area (Å²) < 4.78 is 10.7. The fourth-order valence-electron chi connectivity index (χ4n) is 3.45. The third kappa shape index (κ3) is 2.82. The molecule has 3 heterocycles. The zero-order valence-corrected chi connectivity index (χ0v) is 14.9. The van der Waals surface area contributed by atoms with Crippen molar-refractivity contribution in [2.45, 2.75) is 25.5 Å². The summed E-state index contributed by atoms with van der Waals surface area (Å²) in [7, 11) is 3.28. The second-order valence-electron chi connectivity index (χ2n) is 6.48. The molecule has 3 aromatic rings. The van der Waals surface area contributed by atoms with Crippen LogP contribution >= 0.6 is 0 Å². The number of carbonyl (C=O) groups is 1. The van der Waals surface area contributed by atoms with Crippen molar-refractivity contribution >= 4 is 16.8 Å². The van der Waals surface area contributed by atoms with E-state index in [4.69, 9.17) is 9.47 Å². The number of benzene rings is 1. The summed E-state index contributed by atoms with van der Waals surface area (Å²) in [4.78, 5) is 22.5. The Balaban J connectivity index is 1.66. The van der Waals surface area contributed by atoms with Gasteiger partial charge in [-0.05, 0) is 25.1 Å². The van der Waals surface area contributed by atoms with Crippen LogP contribution in [-0.4, -0.2) is 57.8 Å². The van der Waals surface area contributed by atoms with Crippen molar-refractivity contribution < 1.29 is 14.3 Å². The second kappa shape index (κ2) is 6.45. The lowest BCUT2D eigenvalue weighted by Crippen LogP contribution is -2.32. The van der Waals surface area contributed by atoms with Crippen molar-refractivity contribution in [2.24, 2.45) is 0 Å². The molecule has 1 fully saturated rings. The molecule has 0 radical (unpaired) electrons. The van der Waals surface area contributed by atoms with Gasteiger partial charge in [-0.2, -0.15) is 5.10 Å². The van der Waals surface area contributed by atoms with Crippen LogP contribution in [0, 0.1) is 6.92 Å². The molecule has 1 amide bonds. The van der Waals surface area contributed by atoms with Gasteiger partial charge in [-0.1, -0.05) is 0 Å². The first-order chi connectivity index (χ1) is 12.6. The van der Waals surface area contributed by atoms with Crippen molar-refractivity contribution in [3.05, 3.63) is 41.6 Å². The molecule has 1 aromatic carbocycles. The highest BCUT2D eigenvalue weighted by Crippen LogP contribution is 2.33. The quantitative estimate of drug-likeness (QED) is 0.748. The van der Waals surface area contributed by atoms with Gasteiger partial charge in [0, 0.05) is 37.0 Å². The molecule has 1 saturated heterocycles. The normalized spacial score (nSPS) is 20.0. The molecule has 2 N–H and O–H groups in total. The number of fused-ring (bicyclic) bond motifs is 1. The van der Waals surface area contributed by atoms with Gasteiger partial charge in [0.25, 0.3) is 5.91 Å². The van der Waals surface area contributed by atoms with Crippen LogP contribution in [0.25, 0.3) is 10.9 Å². The van der Waals surface area contributed by atoms with Gasteiger partial charge in [-0.3, -0.25) is 9.89 Å². The molecule has 136 valence electrons. The van der Waals surface area contributed by atoms with E-state index in [9.17, 15) is 4.79 Å². The molecule has 0 spiro atoms. The van der Waals surface area contributed by atoms with Gasteiger partial charge in [0.15, 0.2) is 5.82 Å². The van der Waals surface area contributed by atoms with Gasteiger partial charge in [0.05, 0.1) is 19.3 Å². The van der Waals surface area contributed by atoms with E-state index in [0.717, 1.165) is 22.5 Å². The van der Waals surface area contributed by atoms with Gasteiger partial charge >= 0.3 is 0 Å². The number of aryl methyl sites for hydroxylation is 1. The minimum Gasteiger partial charge on any atom is -0.497 e. The Morgan fingerprint density at radius 2 is 2.15 bits per heavy atom. The predicted molar refractivity (Wildman–Crippen MR) is 95.2 cm³/mol. The van der Waals surface area contributed by atoms with Gasteiger partial charge in [-0.15, -0.1) is 0 Å². The Kier molecular flexibility index (Phi) is 4.12. The highest BCUT2D eigenvalue weighted by molar-refractivity contribution is 5.98. The number of H-pyrrole nitrogens is 2. The number of carbonyl (C=O) groups excluding carboxylic acids is 1. The molecule has 0 bridgehead atoms. The van der Waals surface area contributed by atoms with E-state index in [-0.39, 0.29) is 18.1 Å². The molecular weight excluding hydrogens is 334 g/mol. The molecular formula is C18H21N5O3. The molecule has 8 heteroatoms. The van der Waals surface area contributed by atoms with Gasteiger partial charge < -0.3 is 19.4 Å². The van der Waals surface area contributed by atoms with E-state index in [2.05, 4.69) is 20.2 Å². The first-order valence-electron chi connectivity index (χ1n) is 8.48. The van der Waals surface area contributed by atoms with E-state index in [1.807, 2.05) is 31.2 Å². The number of methoxy groups -OCH3 is 2. The third-order valence-electron chi connectivity index (χ3n) is 4.83. The van der Waals surface area contributed by atoms with Crippen LogP contribution in [0.1, 0.15) is 34.6 Å². The van der Waals surface area contributed by atoms with Crippen molar-refractivity contribution in [1.29, 1.82) is 0 Å². The molecule has 2 atom stereocenters. The molecule has 1 aliphatic rings. The maximum Gasteiger partial charge on any atom is 0.271 e. The predicted octanol–water partition coefficient (Wildman–Crippen LogP) is 2.21. The number of rotatable bonds is 4. The fraction of sp³-hybridized carbons (Fsp3) is 0.389. The average molecular weight is 355 g/mol. The first-order valence-corrected chi connectivity index (χ1v) is 8.48. The summed E-state index contributed by atoms with van der Waals surface area (Å²) in [5.74, 6) is 2.00. The highest BCUT2D eigenvalue weighted by atomic mass is 16.5. The molecule has 26 heavy (non-hydrogen) atoms. The van der Waals surface area contributed by atoms with Crippen molar-refractivity contribution in [2.75, 3.05) is 20.8 Å². The zero-order chi connectivity index (χ0) is 18.3. The zero-order valence-electron chi connectivity index (χ0n) is 14.9. The van der Waals surface area contributed by atoms with Crippen LogP contribution in [0.5, 0.6) is 5.75 Å². The topological polar surface area (TPSA) is 96.1 Å². The minimum atomic E-state index is -0.210. The summed E-state index contributed by atoms with van der Waals surface area (Å²) in [6, 6.07) is 7.33. The largest absolute Gasteiger partial charge is 0.497 e. The van der Waals surface area contributed by atoms with Crippen molar-refractivity contribution in [3.63, 3.8) is 0 Å². The number of hydrogen-bond acceptors (Lipinski definition) is 5. The number of aromatic nitrogens is 4. The molecule has 4 rings (SSSR count). The standard InChI is InChI=1S/C18H21N5O3/c1-10-19-17(22-21-10)16-8-13(26-3)9-23(16)18(24)15-6-11-4-5-12(25-2)7-14(11)20-15/h4-7,13,16,20H,8-9H2,1-3H3,(H,19,21,22)/t13-,16-/m0/s1. The van der Waals surface area contributed by atoms with Crippen molar-refractivity contribution in [1.82, 2.24) is 25.1 Å². The lowest BCUT2D eigenvalue weighted by Gasteiger charge is -2.21. The van der Waals surface area contributed by atoms with Crippen LogP contribution in [0.15, 0.2) is 24.3 Å². The van der Waals surface area contributed by atoms with Gasteiger partial charge in [0.2, 0.25) is 0 Å². The number of nitrogens with one attached hydrogen (secondary N) is 2. The molecule has 0 aliphatic carbocycles. The number of nitrogens with zero attached hydrogens (tertiary/aromatic N) is 3. The van der Waals surface area contributed by atoms with Crippen LogP contribution in [-0.2, 0) is 4.74 Å². The summed E-state index contributed by atoms with van der Waals surface area (Å²) in [5, 5.41) is 8.06. The second-order valence-corrected chi connectivity index (χ2v) is 6.48. The first kappa shape index (κ1) is 16.6. The van der Waals surface area contributed by atoms with Gasteiger partial charge in [-0.25, -0.2) is 4.98 Å². The SMILES string of the molecule is COc1ccc2cc(C(=O)N3C[C@@H](OC)C[C@H]3c3n[nH]c(C)n3)[nH]c2c1. The van der Waals surface area contributed by atoms with Crippen molar-refractivity contribution in [3.8, 4) is 5.75 Å². The minimum absolute atomic E-state index is 0.0350. The molecule has 0 unspecified atom stereocenters. The Bertz CT molecular complexity index is 947. The number of hydrogen-bond donors (Lipinski definition) is 2. The Morgan fingerprint density at radius 3 is 2.85 bits per heavy atom. The number of likely N-dealkylation sites (tertiary alicyclic amines) is 1. The third-order valence-corrected chi connectivity index (χ3v) is 4.83. The van der Waals surface area contributed by atoms with Crippen LogP contribution in [0.4, 0.5) is 0 Å². The maximum atomic E-state index is 13.2. The van der Waals surface area contributed by atoms with E-state index in [1.54, 1.807) is 19.1 Å². The van der Waals surface area contributed by atoms with Crippen LogP contribution in [0.3, 0.4) is 0 Å². The van der Waals surface area contributed by atoms with E-state index in [0.29, 0.717) is 24.5 Å². The molecule has 1 aliphatic heterocycles.